The van der Waals surface area contributed by atoms with Gasteiger partial charge in [-0.25, -0.2) is 0 Å². The molecule has 0 aliphatic heterocycles. The quantitative estimate of drug-likeness (QED) is 0.826. The van der Waals surface area contributed by atoms with Crippen LogP contribution in [0.15, 0.2) is 30.3 Å². The first-order valence-corrected chi connectivity index (χ1v) is 7.34. The van der Waals surface area contributed by atoms with E-state index in [9.17, 15) is 5.11 Å². The molecule has 1 nitrogen and oxygen atoms in total. The van der Waals surface area contributed by atoms with Gasteiger partial charge in [-0.3, -0.25) is 0 Å². The molecule has 0 heterocycles. The highest BCUT2D eigenvalue weighted by Crippen LogP contribution is 2.30. The van der Waals surface area contributed by atoms with Crippen LogP contribution in [0.3, 0.4) is 0 Å². The van der Waals surface area contributed by atoms with E-state index in [2.05, 4.69) is 32.9 Å². The normalized spacial score (nSPS) is 12.5. The third-order valence-electron chi connectivity index (χ3n) is 3.56. The molecule has 1 unspecified atom stereocenters. The molecule has 3 heteroatoms. The fourth-order valence-corrected chi connectivity index (χ4v) is 3.14. The number of aliphatic hydroxyl groups excluding tert-OH is 1. The predicted octanol–water partition coefficient (Wildman–Crippen LogP) is 5.19. The molecular weight excluding hydrogens is 291 g/mol. The van der Waals surface area contributed by atoms with Crippen LogP contribution in [0.2, 0.25) is 10.0 Å². The summed E-state index contributed by atoms with van der Waals surface area (Å²) < 4.78 is 0. The van der Waals surface area contributed by atoms with Gasteiger partial charge in [-0.15, -0.1) is 0 Å². The van der Waals surface area contributed by atoms with Crippen molar-refractivity contribution in [2.45, 2.75) is 33.3 Å². The zero-order chi connectivity index (χ0) is 14.9. The topological polar surface area (TPSA) is 20.2 Å². The molecule has 2 rings (SSSR count). The summed E-state index contributed by atoms with van der Waals surface area (Å²) in [6.45, 7) is 6.23. The average molecular weight is 309 g/mol. The van der Waals surface area contributed by atoms with Crippen molar-refractivity contribution in [3.63, 3.8) is 0 Å². The number of halogens is 2. The number of hydrogen-bond donors (Lipinski definition) is 1. The van der Waals surface area contributed by atoms with E-state index < -0.39 is 6.10 Å². The van der Waals surface area contributed by atoms with Crippen molar-refractivity contribution in [3.8, 4) is 0 Å². The molecule has 2 aromatic carbocycles. The Balaban J connectivity index is 2.30. The van der Waals surface area contributed by atoms with Crippen LogP contribution in [-0.2, 0) is 6.42 Å². The Hall–Kier alpha value is -1.02. The van der Waals surface area contributed by atoms with Gasteiger partial charge >= 0.3 is 0 Å². The largest absolute Gasteiger partial charge is 0.388 e. The molecule has 1 atom stereocenters. The minimum atomic E-state index is -0.625. The van der Waals surface area contributed by atoms with Gasteiger partial charge in [-0.2, -0.15) is 0 Å². The fraction of sp³-hybridized carbons (Fsp3) is 0.294. The lowest BCUT2D eigenvalue weighted by Gasteiger charge is -2.17. The van der Waals surface area contributed by atoms with Crippen LogP contribution >= 0.6 is 23.2 Å². The molecule has 0 aliphatic rings. The van der Waals surface area contributed by atoms with Crippen molar-refractivity contribution in [2.75, 3.05) is 0 Å². The number of aryl methyl sites for hydroxylation is 3. The number of rotatable bonds is 3. The van der Waals surface area contributed by atoms with Crippen LogP contribution in [0.25, 0.3) is 0 Å². The molecule has 106 valence electrons. The van der Waals surface area contributed by atoms with Crippen molar-refractivity contribution < 1.29 is 5.11 Å². The molecule has 0 bridgehead atoms. The Morgan fingerprint density at radius 2 is 1.60 bits per heavy atom. The van der Waals surface area contributed by atoms with E-state index in [0.29, 0.717) is 16.5 Å². The second kappa shape index (κ2) is 6.17. The summed E-state index contributed by atoms with van der Waals surface area (Å²) in [7, 11) is 0. The summed E-state index contributed by atoms with van der Waals surface area (Å²) >= 11 is 12.0. The van der Waals surface area contributed by atoms with Crippen molar-refractivity contribution in [1.29, 1.82) is 0 Å². The minimum absolute atomic E-state index is 0.507. The third-order valence-corrected chi connectivity index (χ3v) is 4.12. The van der Waals surface area contributed by atoms with Crippen molar-refractivity contribution >= 4 is 23.2 Å². The third kappa shape index (κ3) is 3.35. The van der Waals surface area contributed by atoms with Crippen LogP contribution in [-0.4, -0.2) is 5.11 Å². The Bertz CT molecular complexity index is 612. The van der Waals surface area contributed by atoms with Crippen LogP contribution in [0.1, 0.15) is 33.9 Å². The maximum Gasteiger partial charge on any atom is 0.0844 e. The summed E-state index contributed by atoms with van der Waals surface area (Å²) in [6.07, 6.45) is -0.0703. The summed E-state index contributed by atoms with van der Waals surface area (Å²) in [5.41, 5.74) is 5.53. The fourth-order valence-electron chi connectivity index (χ4n) is 2.61. The van der Waals surface area contributed by atoms with Gasteiger partial charge in [0.25, 0.3) is 0 Å². The monoisotopic (exact) mass is 308 g/mol. The maximum atomic E-state index is 10.4. The average Bonchev–Trinajstić information content (AvgIpc) is 2.33. The van der Waals surface area contributed by atoms with E-state index in [1.807, 2.05) is 0 Å². The first-order chi connectivity index (χ1) is 9.38. The first kappa shape index (κ1) is 15.4. The van der Waals surface area contributed by atoms with Crippen molar-refractivity contribution in [3.05, 3.63) is 68.2 Å². The Labute approximate surface area is 130 Å². The summed E-state index contributed by atoms with van der Waals surface area (Å²) in [5.74, 6) is 0. The van der Waals surface area contributed by atoms with Crippen LogP contribution in [0.5, 0.6) is 0 Å². The zero-order valence-electron chi connectivity index (χ0n) is 11.9. The van der Waals surface area contributed by atoms with E-state index in [-0.39, 0.29) is 0 Å². The molecule has 0 aromatic heterocycles. The zero-order valence-corrected chi connectivity index (χ0v) is 13.4. The van der Waals surface area contributed by atoms with E-state index in [1.54, 1.807) is 18.2 Å². The molecule has 0 fully saturated rings. The molecule has 0 saturated heterocycles. The molecule has 0 saturated carbocycles. The minimum Gasteiger partial charge on any atom is -0.388 e. The predicted molar refractivity (Wildman–Crippen MR) is 85.8 cm³/mol. The molecule has 0 spiro atoms. The molecule has 0 aliphatic carbocycles. The van der Waals surface area contributed by atoms with E-state index in [4.69, 9.17) is 23.2 Å². The van der Waals surface area contributed by atoms with Crippen LogP contribution < -0.4 is 0 Å². The van der Waals surface area contributed by atoms with Crippen molar-refractivity contribution in [2.24, 2.45) is 0 Å². The Kier molecular flexibility index (Phi) is 4.74. The summed E-state index contributed by atoms with van der Waals surface area (Å²) in [5, 5.41) is 11.5. The second-order valence-corrected chi connectivity index (χ2v) is 6.11. The molecule has 0 amide bonds. The lowest BCUT2D eigenvalue weighted by molar-refractivity contribution is 0.178. The van der Waals surface area contributed by atoms with Crippen LogP contribution in [0.4, 0.5) is 0 Å². The maximum absolute atomic E-state index is 10.4. The van der Waals surface area contributed by atoms with Crippen LogP contribution in [0, 0.1) is 20.8 Å². The lowest BCUT2D eigenvalue weighted by atomic mass is 9.93. The van der Waals surface area contributed by atoms with Gasteiger partial charge < -0.3 is 5.11 Å². The van der Waals surface area contributed by atoms with E-state index in [0.717, 1.165) is 5.56 Å². The lowest BCUT2D eigenvalue weighted by Crippen LogP contribution is -2.06. The number of aliphatic hydroxyl groups is 1. The Morgan fingerprint density at radius 3 is 2.15 bits per heavy atom. The van der Waals surface area contributed by atoms with Gasteiger partial charge in [-0.1, -0.05) is 47.0 Å². The standard InChI is InChI=1S/C17H18Cl2O/c1-10-6-11(2)15(12(3)7-10)9-17(20)14-5-4-13(18)8-16(14)19/h4-8,17,20H,9H2,1-3H3. The van der Waals surface area contributed by atoms with Gasteiger partial charge in [0.2, 0.25) is 0 Å². The van der Waals surface area contributed by atoms with Gasteiger partial charge in [0.05, 0.1) is 6.10 Å². The SMILES string of the molecule is Cc1cc(C)c(CC(O)c2ccc(Cl)cc2Cl)c(C)c1. The molecule has 20 heavy (non-hydrogen) atoms. The summed E-state index contributed by atoms with van der Waals surface area (Å²) in [4.78, 5) is 0. The highest BCUT2D eigenvalue weighted by molar-refractivity contribution is 6.35. The first-order valence-electron chi connectivity index (χ1n) is 6.58. The molecule has 2 aromatic rings. The van der Waals surface area contributed by atoms with Crippen molar-refractivity contribution in [1.82, 2.24) is 0 Å². The highest BCUT2D eigenvalue weighted by atomic mass is 35.5. The number of benzene rings is 2. The molecular formula is C17H18Cl2O. The molecule has 1 N–H and O–H groups in total. The van der Waals surface area contributed by atoms with Gasteiger partial charge in [0.1, 0.15) is 0 Å². The van der Waals surface area contributed by atoms with E-state index >= 15 is 0 Å². The van der Waals surface area contributed by atoms with Gasteiger partial charge in [0.15, 0.2) is 0 Å². The summed E-state index contributed by atoms with van der Waals surface area (Å²) in [6, 6.07) is 9.47. The Morgan fingerprint density at radius 1 is 1.00 bits per heavy atom. The highest BCUT2D eigenvalue weighted by Gasteiger charge is 2.15. The smallest absolute Gasteiger partial charge is 0.0844 e. The van der Waals surface area contributed by atoms with Gasteiger partial charge in [-0.05, 0) is 55.2 Å². The number of hydrogen-bond acceptors (Lipinski definition) is 1. The van der Waals surface area contributed by atoms with Gasteiger partial charge in [0, 0.05) is 16.5 Å². The van der Waals surface area contributed by atoms with E-state index in [1.165, 1.54) is 22.3 Å². The molecule has 0 radical (unpaired) electrons. The second-order valence-electron chi connectivity index (χ2n) is 5.26.